The average Bonchev–Trinajstić information content (AvgIpc) is 3.59. The molecule has 2 heterocycles. The lowest BCUT2D eigenvalue weighted by Crippen LogP contribution is -2.14. The van der Waals surface area contributed by atoms with E-state index in [1.807, 2.05) is 37.3 Å². The molecule has 0 amide bonds. The van der Waals surface area contributed by atoms with Gasteiger partial charge in [0.1, 0.15) is 16.5 Å². The Balaban J connectivity index is 1.40. The summed E-state index contributed by atoms with van der Waals surface area (Å²) < 4.78 is 11.2. The quantitative estimate of drug-likeness (QED) is 0.343. The molecule has 3 aromatic rings. The molecular formula is C27H31N3O3S. The molecule has 5 rings (SSSR count). The predicted octanol–water partition coefficient (Wildman–Crippen LogP) is 6.52. The SMILES string of the molecule is CCOC(=O)CC[C@@H]1CSC(c2cc3cc(Oc4ccccc4)cc(NC4CCCC4)c3[nH]2)=N1. The Bertz CT molecular complexity index is 1170. The van der Waals surface area contributed by atoms with Crippen LogP contribution in [0.5, 0.6) is 11.5 Å². The lowest BCUT2D eigenvalue weighted by molar-refractivity contribution is -0.143. The molecule has 1 aromatic heterocycles. The number of ether oxygens (including phenoxy) is 2. The fourth-order valence-corrected chi connectivity index (χ4v) is 5.73. The number of esters is 1. The number of thioether (sulfide) groups is 1. The number of hydrogen-bond donors (Lipinski definition) is 2. The summed E-state index contributed by atoms with van der Waals surface area (Å²) in [6.07, 6.45) is 6.08. The Labute approximate surface area is 204 Å². The fourth-order valence-electron chi connectivity index (χ4n) is 4.65. The van der Waals surface area contributed by atoms with E-state index in [1.165, 1.54) is 25.7 Å². The van der Waals surface area contributed by atoms with Gasteiger partial charge in [-0.25, -0.2) is 0 Å². The summed E-state index contributed by atoms with van der Waals surface area (Å²) in [6, 6.07) is 16.9. The number of carbonyl (C=O) groups is 1. The summed E-state index contributed by atoms with van der Waals surface area (Å²) in [5.41, 5.74) is 3.18. The highest BCUT2D eigenvalue weighted by atomic mass is 32.2. The number of aliphatic imine (C=N–C) groups is 1. The first kappa shape index (κ1) is 22.8. The minimum Gasteiger partial charge on any atom is -0.466 e. The normalized spacial score (nSPS) is 18.3. The first-order valence-electron chi connectivity index (χ1n) is 12.2. The Hall–Kier alpha value is -2.93. The van der Waals surface area contributed by atoms with E-state index in [4.69, 9.17) is 14.5 Å². The second-order valence-electron chi connectivity index (χ2n) is 8.90. The van der Waals surface area contributed by atoms with Gasteiger partial charge in [0.25, 0.3) is 0 Å². The third kappa shape index (κ3) is 5.41. The number of nitrogens with zero attached hydrogens (tertiary/aromatic N) is 1. The van der Waals surface area contributed by atoms with Crippen LogP contribution >= 0.6 is 11.8 Å². The van der Waals surface area contributed by atoms with Gasteiger partial charge in [-0.1, -0.05) is 31.0 Å². The molecule has 2 aromatic carbocycles. The van der Waals surface area contributed by atoms with Crippen LogP contribution in [0.1, 0.15) is 51.1 Å². The van der Waals surface area contributed by atoms with Gasteiger partial charge in [-0.15, -0.1) is 11.8 Å². The second kappa shape index (κ2) is 10.6. The molecule has 178 valence electrons. The number of aromatic amines is 1. The number of fused-ring (bicyclic) bond motifs is 1. The van der Waals surface area contributed by atoms with Crippen molar-refractivity contribution in [1.29, 1.82) is 0 Å². The van der Waals surface area contributed by atoms with Gasteiger partial charge in [0.2, 0.25) is 0 Å². The van der Waals surface area contributed by atoms with Crippen molar-refractivity contribution in [1.82, 2.24) is 4.98 Å². The Morgan fingerprint density at radius 1 is 1.15 bits per heavy atom. The topological polar surface area (TPSA) is 75.7 Å². The van der Waals surface area contributed by atoms with Gasteiger partial charge < -0.3 is 19.8 Å². The minimum absolute atomic E-state index is 0.142. The lowest BCUT2D eigenvalue weighted by atomic mass is 10.1. The van der Waals surface area contributed by atoms with Gasteiger partial charge in [0.15, 0.2) is 0 Å². The van der Waals surface area contributed by atoms with E-state index in [0.29, 0.717) is 19.1 Å². The van der Waals surface area contributed by atoms with Gasteiger partial charge in [-0.3, -0.25) is 9.79 Å². The van der Waals surface area contributed by atoms with Crippen molar-refractivity contribution in [2.24, 2.45) is 4.99 Å². The molecule has 1 aliphatic carbocycles. The van der Waals surface area contributed by atoms with Gasteiger partial charge in [-0.05, 0) is 50.5 Å². The van der Waals surface area contributed by atoms with Crippen molar-refractivity contribution in [2.75, 3.05) is 17.7 Å². The third-order valence-electron chi connectivity index (χ3n) is 6.33. The van der Waals surface area contributed by atoms with E-state index >= 15 is 0 Å². The maximum absolute atomic E-state index is 11.7. The van der Waals surface area contributed by atoms with Crippen LogP contribution in [0, 0.1) is 0 Å². The molecule has 1 atom stereocenters. The number of rotatable bonds is 9. The van der Waals surface area contributed by atoms with Crippen molar-refractivity contribution < 1.29 is 14.3 Å². The van der Waals surface area contributed by atoms with Crippen LogP contribution in [-0.2, 0) is 9.53 Å². The standard InChI is InChI=1S/C27H31N3O3S/c1-2-32-25(31)13-12-20-17-34-27(29-20)24-15-18-14-22(33-21-10-4-3-5-11-21)16-23(26(18)30-24)28-19-8-6-7-9-19/h3-5,10-11,14-16,19-20,28,30H,2,6-9,12-13,17H2,1H3/t20-/m1/s1. The van der Waals surface area contributed by atoms with Crippen LogP contribution in [0.2, 0.25) is 0 Å². The number of anilines is 1. The zero-order chi connectivity index (χ0) is 23.3. The van der Waals surface area contributed by atoms with Gasteiger partial charge in [0, 0.05) is 29.7 Å². The molecule has 1 fully saturated rings. The van der Waals surface area contributed by atoms with Crippen LogP contribution in [0.3, 0.4) is 0 Å². The maximum atomic E-state index is 11.7. The number of para-hydroxylation sites is 1. The summed E-state index contributed by atoms with van der Waals surface area (Å²) in [7, 11) is 0. The predicted molar refractivity (Wildman–Crippen MR) is 139 cm³/mol. The second-order valence-corrected chi connectivity index (χ2v) is 9.91. The average molecular weight is 478 g/mol. The third-order valence-corrected chi connectivity index (χ3v) is 7.48. The van der Waals surface area contributed by atoms with Crippen LogP contribution < -0.4 is 10.1 Å². The highest BCUT2D eigenvalue weighted by Crippen LogP contribution is 2.36. The molecule has 34 heavy (non-hydrogen) atoms. The molecule has 0 saturated heterocycles. The van der Waals surface area contributed by atoms with Crippen LogP contribution in [0.15, 0.2) is 53.5 Å². The Morgan fingerprint density at radius 2 is 1.97 bits per heavy atom. The molecule has 1 aliphatic heterocycles. The molecule has 0 radical (unpaired) electrons. The van der Waals surface area contributed by atoms with Crippen molar-refractivity contribution in [3.05, 3.63) is 54.2 Å². The number of nitrogens with one attached hydrogen (secondary N) is 2. The number of carbonyl (C=O) groups excluding carboxylic acids is 1. The maximum Gasteiger partial charge on any atom is 0.305 e. The van der Waals surface area contributed by atoms with E-state index in [9.17, 15) is 4.79 Å². The van der Waals surface area contributed by atoms with Crippen molar-refractivity contribution in [3.63, 3.8) is 0 Å². The first-order chi connectivity index (χ1) is 16.7. The number of hydrogen-bond acceptors (Lipinski definition) is 6. The summed E-state index contributed by atoms with van der Waals surface area (Å²) in [4.78, 5) is 20.2. The highest BCUT2D eigenvalue weighted by Gasteiger charge is 2.23. The van der Waals surface area contributed by atoms with E-state index in [1.54, 1.807) is 11.8 Å². The molecule has 6 nitrogen and oxygen atoms in total. The van der Waals surface area contributed by atoms with Gasteiger partial charge >= 0.3 is 5.97 Å². The molecule has 0 unspecified atom stereocenters. The monoisotopic (exact) mass is 477 g/mol. The lowest BCUT2D eigenvalue weighted by Gasteiger charge is -2.16. The zero-order valence-electron chi connectivity index (χ0n) is 19.5. The number of H-pyrrole nitrogens is 1. The van der Waals surface area contributed by atoms with E-state index in [2.05, 4.69) is 28.5 Å². The zero-order valence-corrected chi connectivity index (χ0v) is 20.3. The van der Waals surface area contributed by atoms with Crippen molar-refractivity contribution in [2.45, 2.75) is 57.5 Å². The summed E-state index contributed by atoms with van der Waals surface area (Å²) >= 11 is 1.74. The van der Waals surface area contributed by atoms with E-state index in [-0.39, 0.29) is 12.0 Å². The summed E-state index contributed by atoms with van der Waals surface area (Å²) in [6.45, 7) is 2.26. The van der Waals surface area contributed by atoms with Crippen LogP contribution in [0.25, 0.3) is 10.9 Å². The summed E-state index contributed by atoms with van der Waals surface area (Å²) in [5, 5.41) is 5.86. The summed E-state index contributed by atoms with van der Waals surface area (Å²) in [5.74, 6) is 2.39. The molecule has 0 bridgehead atoms. The number of aromatic nitrogens is 1. The van der Waals surface area contributed by atoms with Gasteiger partial charge in [-0.2, -0.15) is 0 Å². The smallest absolute Gasteiger partial charge is 0.305 e. The highest BCUT2D eigenvalue weighted by molar-refractivity contribution is 8.14. The van der Waals surface area contributed by atoms with Gasteiger partial charge in [0.05, 0.1) is 29.5 Å². The van der Waals surface area contributed by atoms with E-state index in [0.717, 1.165) is 51.0 Å². The van der Waals surface area contributed by atoms with Crippen molar-refractivity contribution in [3.8, 4) is 11.5 Å². The first-order valence-corrected chi connectivity index (χ1v) is 13.2. The molecule has 2 aliphatic rings. The number of benzene rings is 2. The molecule has 7 heteroatoms. The molecular weight excluding hydrogens is 446 g/mol. The fraction of sp³-hybridized carbons (Fsp3) is 0.407. The molecule has 0 spiro atoms. The van der Waals surface area contributed by atoms with Crippen molar-refractivity contribution >= 4 is 39.4 Å². The Morgan fingerprint density at radius 3 is 2.76 bits per heavy atom. The van der Waals surface area contributed by atoms with E-state index < -0.39 is 0 Å². The van der Waals surface area contributed by atoms with Crippen LogP contribution in [0.4, 0.5) is 5.69 Å². The Kier molecular flexibility index (Phi) is 7.09. The van der Waals surface area contributed by atoms with Crippen LogP contribution in [-0.4, -0.2) is 40.4 Å². The largest absolute Gasteiger partial charge is 0.466 e. The minimum atomic E-state index is -0.143. The molecule has 2 N–H and O–H groups in total. The molecule has 1 saturated carbocycles.